The zero-order valence-corrected chi connectivity index (χ0v) is 20.8. The molecule has 0 unspecified atom stereocenters. The van der Waals surface area contributed by atoms with Gasteiger partial charge in [-0.1, -0.05) is 29.8 Å². The average Bonchev–Trinajstić information content (AvgIpc) is 3.02. The van der Waals surface area contributed by atoms with Gasteiger partial charge in [-0.05, 0) is 77.5 Å². The highest BCUT2D eigenvalue weighted by Crippen LogP contribution is 2.38. The van der Waals surface area contributed by atoms with Gasteiger partial charge in [0.2, 0.25) is 0 Å². The lowest BCUT2D eigenvalue weighted by Crippen LogP contribution is -2.27. The smallest absolute Gasteiger partial charge is 0.343 e. The fourth-order valence-electron chi connectivity index (χ4n) is 2.93. The van der Waals surface area contributed by atoms with Crippen LogP contribution in [0.3, 0.4) is 0 Å². The first kappa shape index (κ1) is 24.1. The number of hydrogen-bond acceptors (Lipinski definition) is 7. The number of amides is 2. The molecule has 1 aliphatic rings. The van der Waals surface area contributed by atoms with Crippen LogP contribution in [0.2, 0.25) is 0 Å². The predicted molar refractivity (Wildman–Crippen MR) is 131 cm³/mol. The second-order valence-electron chi connectivity index (χ2n) is 6.88. The lowest BCUT2D eigenvalue weighted by molar-refractivity contribution is -0.143. The summed E-state index contributed by atoms with van der Waals surface area (Å²) >= 11 is 2.98. The molecule has 0 aromatic heterocycles. The van der Waals surface area contributed by atoms with Gasteiger partial charge in [0.05, 0.1) is 28.7 Å². The van der Waals surface area contributed by atoms with Crippen molar-refractivity contribution in [2.45, 2.75) is 20.4 Å². The zero-order chi connectivity index (χ0) is 23.3. The first-order valence-electron chi connectivity index (χ1n) is 9.79. The summed E-state index contributed by atoms with van der Waals surface area (Å²) in [5, 5.41) is -0.306. The maximum Gasteiger partial charge on any atom is 0.343 e. The molecule has 0 spiro atoms. The molecule has 2 amide bonds. The third-order valence-corrected chi connectivity index (χ3v) is 6.24. The van der Waals surface area contributed by atoms with Crippen molar-refractivity contribution in [3.8, 4) is 11.5 Å². The standard InChI is InChI=1S/C23H22INO6S/c1-4-30-18-10-16(9-17(24)21(18)31-13-20(26)29-3)11-19-22(27)25(23(28)32-19)12-15-7-5-14(2)6-8-15/h5-11H,4,12-13H2,1-3H3/b19-11-. The van der Waals surface area contributed by atoms with Crippen molar-refractivity contribution in [2.75, 3.05) is 20.3 Å². The molecule has 0 N–H and O–H groups in total. The Labute approximate surface area is 204 Å². The maximum absolute atomic E-state index is 12.9. The Kier molecular flexibility index (Phi) is 8.19. The molecule has 32 heavy (non-hydrogen) atoms. The van der Waals surface area contributed by atoms with Crippen LogP contribution in [0.1, 0.15) is 23.6 Å². The number of carbonyl (C=O) groups is 3. The third kappa shape index (κ3) is 5.83. The van der Waals surface area contributed by atoms with Crippen molar-refractivity contribution in [1.82, 2.24) is 4.90 Å². The molecule has 2 aromatic carbocycles. The molecule has 7 nitrogen and oxygen atoms in total. The Bertz CT molecular complexity index is 1070. The molecule has 0 aliphatic carbocycles. The third-order valence-electron chi connectivity index (χ3n) is 4.53. The topological polar surface area (TPSA) is 82.1 Å². The van der Waals surface area contributed by atoms with Gasteiger partial charge in [-0.15, -0.1) is 0 Å². The number of rotatable bonds is 8. The number of hydrogen-bond donors (Lipinski definition) is 0. The van der Waals surface area contributed by atoms with Crippen molar-refractivity contribution >= 4 is 57.5 Å². The molecule has 3 rings (SSSR count). The normalized spacial score (nSPS) is 14.8. The van der Waals surface area contributed by atoms with Gasteiger partial charge >= 0.3 is 5.97 Å². The minimum Gasteiger partial charge on any atom is -0.490 e. The van der Waals surface area contributed by atoms with Crippen LogP contribution in [0, 0.1) is 10.5 Å². The van der Waals surface area contributed by atoms with E-state index < -0.39 is 5.97 Å². The van der Waals surface area contributed by atoms with Crippen molar-refractivity contribution < 1.29 is 28.6 Å². The van der Waals surface area contributed by atoms with E-state index in [1.165, 1.54) is 12.0 Å². The summed E-state index contributed by atoms with van der Waals surface area (Å²) in [6.07, 6.45) is 1.66. The Morgan fingerprint density at radius 1 is 1.16 bits per heavy atom. The molecule has 0 bridgehead atoms. The number of methoxy groups -OCH3 is 1. The summed E-state index contributed by atoms with van der Waals surface area (Å²) in [4.78, 5) is 38.3. The lowest BCUT2D eigenvalue weighted by atomic mass is 10.1. The fraction of sp³-hybridized carbons (Fsp3) is 0.261. The molecule has 1 heterocycles. The number of benzene rings is 2. The number of carbonyl (C=O) groups excluding carboxylic acids is 3. The van der Waals surface area contributed by atoms with Crippen LogP contribution in [0.4, 0.5) is 4.79 Å². The predicted octanol–water partition coefficient (Wildman–Crippen LogP) is 4.79. The molecule has 9 heteroatoms. The van der Waals surface area contributed by atoms with Crippen molar-refractivity contribution in [3.05, 3.63) is 61.6 Å². The van der Waals surface area contributed by atoms with Crippen LogP contribution < -0.4 is 9.47 Å². The average molecular weight is 567 g/mol. The summed E-state index contributed by atoms with van der Waals surface area (Å²) in [5.74, 6) is 0.0186. The number of imide groups is 1. The van der Waals surface area contributed by atoms with Gasteiger partial charge < -0.3 is 14.2 Å². The number of halogens is 1. The molecular weight excluding hydrogens is 545 g/mol. The minimum absolute atomic E-state index is 0.227. The summed E-state index contributed by atoms with van der Waals surface area (Å²) in [6, 6.07) is 11.2. The van der Waals surface area contributed by atoms with Crippen LogP contribution in [-0.4, -0.2) is 42.3 Å². The summed E-state index contributed by atoms with van der Waals surface area (Å²) < 4.78 is 16.5. The zero-order valence-electron chi connectivity index (χ0n) is 17.8. The second-order valence-corrected chi connectivity index (χ2v) is 9.04. The van der Waals surface area contributed by atoms with E-state index in [0.29, 0.717) is 32.1 Å². The van der Waals surface area contributed by atoms with E-state index in [1.54, 1.807) is 18.2 Å². The van der Waals surface area contributed by atoms with Gasteiger partial charge in [0.25, 0.3) is 11.1 Å². The van der Waals surface area contributed by atoms with Crippen molar-refractivity contribution in [1.29, 1.82) is 0 Å². The van der Waals surface area contributed by atoms with E-state index >= 15 is 0 Å². The van der Waals surface area contributed by atoms with E-state index in [2.05, 4.69) is 27.3 Å². The molecule has 0 saturated carbocycles. The SMILES string of the molecule is CCOc1cc(/C=C2\SC(=O)N(Cc3ccc(C)cc3)C2=O)cc(I)c1OCC(=O)OC. The monoisotopic (exact) mass is 567 g/mol. The first-order chi connectivity index (χ1) is 15.3. The first-order valence-corrected chi connectivity index (χ1v) is 11.7. The molecule has 1 fully saturated rings. The van der Waals surface area contributed by atoms with Crippen molar-refractivity contribution in [3.63, 3.8) is 0 Å². The summed E-state index contributed by atoms with van der Waals surface area (Å²) in [5.41, 5.74) is 2.69. The molecule has 1 saturated heterocycles. The van der Waals surface area contributed by atoms with Gasteiger partial charge in [-0.2, -0.15) is 0 Å². The largest absolute Gasteiger partial charge is 0.490 e. The molecule has 1 aliphatic heterocycles. The molecule has 168 valence electrons. The van der Waals surface area contributed by atoms with E-state index in [9.17, 15) is 14.4 Å². The highest BCUT2D eigenvalue weighted by molar-refractivity contribution is 14.1. The quantitative estimate of drug-likeness (QED) is 0.258. The van der Waals surface area contributed by atoms with E-state index in [0.717, 1.165) is 22.9 Å². The van der Waals surface area contributed by atoms with Crippen LogP contribution in [-0.2, 0) is 20.9 Å². The van der Waals surface area contributed by atoms with Gasteiger partial charge in [-0.25, -0.2) is 4.79 Å². The number of ether oxygens (including phenoxy) is 3. The Morgan fingerprint density at radius 2 is 1.88 bits per heavy atom. The molecule has 0 atom stereocenters. The molecular formula is C23H22INO6S. The van der Waals surface area contributed by atoms with Crippen LogP contribution in [0.25, 0.3) is 6.08 Å². The highest BCUT2D eigenvalue weighted by Gasteiger charge is 2.35. The molecule has 0 radical (unpaired) electrons. The van der Waals surface area contributed by atoms with E-state index in [4.69, 9.17) is 9.47 Å². The van der Waals surface area contributed by atoms with Gasteiger partial charge in [0.15, 0.2) is 18.1 Å². The Hall–Kier alpha value is -2.53. The van der Waals surface area contributed by atoms with Gasteiger partial charge in [-0.3, -0.25) is 14.5 Å². The summed E-state index contributed by atoms with van der Waals surface area (Å²) in [6.45, 7) is 4.19. The fourth-order valence-corrected chi connectivity index (χ4v) is 4.55. The Morgan fingerprint density at radius 3 is 2.53 bits per heavy atom. The second kappa shape index (κ2) is 10.9. The lowest BCUT2D eigenvalue weighted by Gasteiger charge is -2.14. The van der Waals surface area contributed by atoms with Gasteiger partial charge in [0.1, 0.15) is 0 Å². The van der Waals surface area contributed by atoms with Crippen LogP contribution in [0.5, 0.6) is 11.5 Å². The van der Waals surface area contributed by atoms with E-state index in [1.807, 2.05) is 38.1 Å². The number of aryl methyl sites for hydroxylation is 1. The number of nitrogens with zero attached hydrogens (tertiary/aromatic N) is 1. The maximum atomic E-state index is 12.9. The highest BCUT2D eigenvalue weighted by atomic mass is 127. The van der Waals surface area contributed by atoms with Crippen LogP contribution >= 0.6 is 34.4 Å². The van der Waals surface area contributed by atoms with E-state index in [-0.39, 0.29) is 24.3 Å². The van der Waals surface area contributed by atoms with Crippen molar-refractivity contribution in [2.24, 2.45) is 0 Å². The minimum atomic E-state index is -0.505. The number of thioether (sulfide) groups is 1. The Balaban J connectivity index is 1.83. The molecule has 2 aromatic rings. The number of esters is 1. The van der Waals surface area contributed by atoms with Crippen LogP contribution in [0.15, 0.2) is 41.3 Å². The summed E-state index contributed by atoms with van der Waals surface area (Å²) in [7, 11) is 1.29. The van der Waals surface area contributed by atoms with Gasteiger partial charge in [0, 0.05) is 0 Å².